The van der Waals surface area contributed by atoms with Gasteiger partial charge < -0.3 is 15.5 Å². The normalized spacial score (nSPS) is 17.1. The number of rotatable bonds is 8. The summed E-state index contributed by atoms with van der Waals surface area (Å²) in [6, 6.07) is 0. The summed E-state index contributed by atoms with van der Waals surface area (Å²) < 4.78 is 0. The van der Waals surface area contributed by atoms with Crippen molar-refractivity contribution in [3.63, 3.8) is 0 Å². The second kappa shape index (κ2) is 10.5. The van der Waals surface area contributed by atoms with E-state index in [0.717, 1.165) is 24.8 Å². The molecule has 0 aromatic rings. The number of guanidine groups is 1. The number of likely N-dealkylation sites (tertiary alicyclic amines) is 1. The number of nitrogens with zero attached hydrogens (tertiary/aromatic N) is 2. The zero-order valence-electron chi connectivity index (χ0n) is 11.9. The molecule has 1 fully saturated rings. The van der Waals surface area contributed by atoms with Crippen molar-refractivity contribution in [3.05, 3.63) is 0 Å². The second-order valence-corrected chi connectivity index (χ2v) is 5.66. The van der Waals surface area contributed by atoms with E-state index in [-0.39, 0.29) is 0 Å². The van der Waals surface area contributed by atoms with E-state index in [4.69, 9.17) is 0 Å². The Morgan fingerprint density at radius 2 is 1.89 bits per heavy atom. The lowest BCUT2D eigenvalue weighted by Crippen LogP contribution is -2.39. The summed E-state index contributed by atoms with van der Waals surface area (Å²) in [6.45, 7) is 5.89. The first-order chi connectivity index (χ1) is 8.86. The summed E-state index contributed by atoms with van der Waals surface area (Å²) in [7, 11) is 1.83. The van der Waals surface area contributed by atoms with E-state index in [1.165, 1.54) is 45.3 Å². The third kappa shape index (κ3) is 7.11. The fourth-order valence-electron chi connectivity index (χ4n) is 2.17. The molecule has 0 atom stereocenters. The van der Waals surface area contributed by atoms with Crippen LogP contribution in [0.3, 0.4) is 0 Å². The smallest absolute Gasteiger partial charge is 0.191 e. The monoisotopic (exact) mass is 272 g/mol. The molecule has 106 valence electrons. The Balaban J connectivity index is 1.94. The molecule has 0 aliphatic carbocycles. The van der Waals surface area contributed by atoms with Crippen molar-refractivity contribution in [3.8, 4) is 0 Å². The summed E-state index contributed by atoms with van der Waals surface area (Å²) in [6.07, 6.45) is 7.42. The maximum Gasteiger partial charge on any atom is 0.191 e. The first-order valence-corrected chi connectivity index (χ1v) is 8.42. The van der Waals surface area contributed by atoms with Gasteiger partial charge >= 0.3 is 0 Å². The lowest BCUT2D eigenvalue weighted by atomic mass is 10.3. The van der Waals surface area contributed by atoms with Gasteiger partial charge in [0.2, 0.25) is 0 Å². The minimum atomic E-state index is 0.935. The molecule has 1 saturated heterocycles. The van der Waals surface area contributed by atoms with Crippen LogP contribution in [0, 0.1) is 0 Å². The Morgan fingerprint density at radius 1 is 1.17 bits per heavy atom. The van der Waals surface area contributed by atoms with E-state index in [9.17, 15) is 0 Å². The average molecular weight is 272 g/mol. The van der Waals surface area contributed by atoms with Crippen LogP contribution >= 0.6 is 11.8 Å². The SMILES string of the molecule is CN=C(NCCCCN1CCCC1)NCCSC. The predicted molar refractivity (Wildman–Crippen MR) is 82.7 cm³/mol. The molecule has 0 unspecified atom stereocenters. The summed E-state index contributed by atoms with van der Waals surface area (Å²) >= 11 is 1.85. The lowest BCUT2D eigenvalue weighted by molar-refractivity contribution is 0.330. The largest absolute Gasteiger partial charge is 0.356 e. The molecule has 1 aliphatic heterocycles. The summed E-state index contributed by atoms with van der Waals surface area (Å²) in [5.74, 6) is 2.06. The van der Waals surface area contributed by atoms with Crippen molar-refractivity contribution in [2.75, 3.05) is 51.8 Å². The molecular weight excluding hydrogens is 244 g/mol. The molecule has 0 bridgehead atoms. The van der Waals surface area contributed by atoms with Crippen molar-refractivity contribution in [2.24, 2.45) is 4.99 Å². The number of thioether (sulfide) groups is 1. The number of aliphatic imine (C=N–C) groups is 1. The van der Waals surface area contributed by atoms with Gasteiger partial charge in [0.15, 0.2) is 5.96 Å². The minimum Gasteiger partial charge on any atom is -0.356 e. The molecule has 2 N–H and O–H groups in total. The van der Waals surface area contributed by atoms with Gasteiger partial charge in [0.25, 0.3) is 0 Å². The van der Waals surface area contributed by atoms with E-state index >= 15 is 0 Å². The van der Waals surface area contributed by atoms with Crippen LogP contribution in [-0.2, 0) is 0 Å². The summed E-state index contributed by atoms with van der Waals surface area (Å²) in [4.78, 5) is 6.78. The van der Waals surface area contributed by atoms with E-state index in [1.807, 2.05) is 18.8 Å². The quantitative estimate of drug-likeness (QED) is 0.398. The van der Waals surface area contributed by atoms with Crippen LogP contribution < -0.4 is 10.6 Å². The maximum atomic E-state index is 4.21. The number of nitrogens with one attached hydrogen (secondary N) is 2. The third-order valence-electron chi connectivity index (χ3n) is 3.21. The van der Waals surface area contributed by atoms with Crippen molar-refractivity contribution in [1.82, 2.24) is 15.5 Å². The molecule has 0 spiro atoms. The molecule has 0 radical (unpaired) electrons. The van der Waals surface area contributed by atoms with Gasteiger partial charge in [-0.25, -0.2) is 0 Å². The molecule has 5 heteroatoms. The van der Waals surface area contributed by atoms with E-state index in [0.29, 0.717) is 0 Å². The van der Waals surface area contributed by atoms with Crippen LogP contribution in [0.1, 0.15) is 25.7 Å². The van der Waals surface area contributed by atoms with E-state index in [1.54, 1.807) is 0 Å². The van der Waals surface area contributed by atoms with Gasteiger partial charge in [-0.3, -0.25) is 4.99 Å². The molecule has 4 nitrogen and oxygen atoms in total. The minimum absolute atomic E-state index is 0.935. The van der Waals surface area contributed by atoms with Crippen LogP contribution in [0.25, 0.3) is 0 Å². The molecule has 18 heavy (non-hydrogen) atoms. The molecular formula is C13H28N4S. The molecule has 1 heterocycles. The van der Waals surface area contributed by atoms with Gasteiger partial charge in [0.05, 0.1) is 0 Å². The van der Waals surface area contributed by atoms with Gasteiger partial charge in [-0.1, -0.05) is 0 Å². The maximum absolute atomic E-state index is 4.21. The number of hydrogen-bond acceptors (Lipinski definition) is 3. The Kier molecular flexibility index (Phi) is 9.12. The van der Waals surface area contributed by atoms with Crippen LogP contribution in [0.15, 0.2) is 4.99 Å². The highest BCUT2D eigenvalue weighted by Gasteiger charge is 2.09. The van der Waals surface area contributed by atoms with Crippen molar-refractivity contribution in [1.29, 1.82) is 0 Å². The zero-order valence-corrected chi connectivity index (χ0v) is 12.7. The fraction of sp³-hybridized carbons (Fsp3) is 0.923. The predicted octanol–water partition coefficient (Wildman–Crippen LogP) is 1.39. The topological polar surface area (TPSA) is 39.7 Å². The highest BCUT2D eigenvalue weighted by molar-refractivity contribution is 7.98. The molecule has 0 aromatic heterocycles. The molecule has 0 saturated carbocycles. The van der Waals surface area contributed by atoms with Gasteiger partial charge in [0.1, 0.15) is 0 Å². The van der Waals surface area contributed by atoms with Crippen LogP contribution in [0.2, 0.25) is 0 Å². The Labute approximate surface area is 116 Å². The highest BCUT2D eigenvalue weighted by atomic mass is 32.2. The van der Waals surface area contributed by atoms with Gasteiger partial charge in [0, 0.05) is 25.9 Å². The summed E-state index contributed by atoms with van der Waals surface area (Å²) in [5, 5.41) is 6.67. The molecule has 1 aliphatic rings. The fourth-order valence-corrected chi connectivity index (χ4v) is 2.47. The van der Waals surface area contributed by atoms with Crippen molar-refractivity contribution in [2.45, 2.75) is 25.7 Å². The van der Waals surface area contributed by atoms with Crippen molar-refractivity contribution < 1.29 is 0 Å². The average Bonchev–Trinajstić information content (AvgIpc) is 2.89. The standard InChI is InChI=1S/C13H28N4S/c1-14-13(16-8-12-18-2)15-7-3-4-9-17-10-5-6-11-17/h3-12H2,1-2H3,(H2,14,15,16). The Morgan fingerprint density at radius 3 is 2.56 bits per heavy atom. The molecule has 0 aromatic carbocycles. The molecule has 1 rings (SSSR count). The van der Waals surface area contributed by atoms with Crippen LogP contribution in [0.4, 0.5) is 0 Å². The van der Waals surface area contributed by atoms with E-state index in [2.05, 4.69) is 26.8 Å². The number of unbranched alkanes of at least 4 members (excludes halogenated alkanes) is 1. The zero-order chi connectivity index (χ0) is 13.1. The van der Waals surface area contributed by atoms with E-state index < -0.39 is 0 Å². The second-order valence-electron chi connectivity index (χ2n) is 4.67. The van der Waals surface area contributed by atoms with Gasteiger partial charge in [-0.05, 0) is 51.6 Å². The third-order valence-corrected chi connectivity index (χ3v) is 3.83. The highest BCUT2D eigenvalue weighted by Crippen LogP contribution is 2.07. The Bertz CT molecular complexity index is 227. The Hall–Kier alpha value is -0.420. The van der Waals surface area contributed by atoms with Gasteiger partial charge in [-0.15, -0.1) is 0 Å². The van der Waals surface area contributed by atoms with Crippen molar-refractivity contribution >= 4 is 17.7 Å². The van der Waals surface area contributed by atoms with Crippen LogP contribution in [0.5, 0.6) is 0 Å². The number of hydrogen-bond donors (Lipinski definition) is 2. The summed E-state index contributed by atoms with van der Waals surface area (Å²) in [5.41, 5.74) is 0. The van der Waals surface area contributed by atoms with Crippen LogP contribution in [-0.4, -0.2) is 62.6 Å². The lowest BCUT2D eigenvalue weighted by Gasteiger charge is -2.15. The first-order valence-electron chi connectivity index (χ1n) is 7.02. The first kappa shape index (κ1) is 15.6. The molecule has 0 amide bonds. The van der Waals surface area contributed by atoms with Gasteiger partial charge in [-0.2, -0.15) is 11.8 Å².